The zero-order valence-electron chi connectivity index (χ0n) is 20.5. The molecule has 1 aromatic heterocycles. The largest absolute Gasteiger partial charge is 0.494 e. The third-order valence-electron chi connectivity index (χ3n) is 6.14. The molecule has 1 amide bonds. The Bertz CT molecular complexity index is 1590. The van der Waals surface area contributed by atoms with Crippen LogP contribution in [0.5, 0.6) is 5.88 Å². The number of halogens is 1. The van der Waals surface area contributed by atoms with Gasteiger partial charge in [0.2, 0.25) is 5.88 Å². The third-order valence-corrected chi connectivity index (χ3v) is 7.77. The van der Waals surface area contributed by atoms with E-state index in [2.05, 4.69) is 0 Å². The predicted molar refractivity (Wildman–Crippen MR) is 152 cm³/mol. The van der Waals surface area contributed by atoms with E-state index in [1.807, 2.05) is 25.1 Å². The number of aryl methyl sites for hydroxylation is 1. The summed E-state index contributed by atoms with van der Waals surface area (Å²) < 4.78 is 1.34. The number of carbonyl (C=O) groups is 2. The average Bonchev–Trinajstić information content (AvgIpc) is 3.15. The highest BCUT2D eigenvalue weighted by molar-refractivity contribution is 8.26. The molecule has 0 radical (unpaired) electrons. The van der Waals surface area contributed by atoms with Crippen molar-refractivity contribution in [2.24, 2.45) is 0 Å². The van der Waals surface area contributed by atoms with E-state index in [0.717, 1.165) is 33.0 Å². The third kappa shape index (κ3) is 5.58. The lowest BCUT2D eigenvalue weighted by atomic mass is 9.99. The van der Waals surface area contributed by atoms with Crippen LogP contribution in [0.15, 0.2) is 58.2 Å². The topological polar surface area (TPSA) is 103 Å². The molecule has 1 saturated heterocycles. The molecule has 1 aliphatic rings. The van der Waals surface area contributed by atoms with Crippen molar-refractivity contribution >= 4 is 57.7 Å². The van der Waals surface area contributed by atoms with Gasteiger partial charge >= 0.3 is 0 Å². The lowest BCUT2D eigenvalue weighted by Gasteiger charge is -2.17. The number of aromatic nitrogens is 1. The highest BCUT2D eigenvalue weighted by Crippen LogP contribution is 2.33. The molecule has 0 bridgehead atoms. The van der Waals surface area contributed by atoms with Crippen LogP contribution in [-0.4, -0.2) is 37.1 Å². The van der Waals surface area contributed by atoms with Gasteiger partial charge in [0.1, 0.15) is 16.0 Å². The van der Waals surface area contributed by atoms with E-state index in [1.54, 1.807) is 42.5 Å². The van der Waals surface area contributed by atoms with Gasteiger partial charge in [0, 0.05) is 18.0 Å². The van der Waals surface area contributed by atoms with E-state index in [-0.39, 0.29) is 42.1 Å². The van der Waals surface area contributed by atoms with Crippen LogP contribution in [0, 0.1) is 25.2 Å². The zero-order chi connectivity index (χ0) is 27.6. The number of hydrogen-bond acceptors (Lipinski definition) is 7. The number of Topliss-reactive ketones (excluding diaryl/α,β-unsaturated/α-hetero) is 1. The molecular weight excluding hydrogens is 542 g/mol. The highest BCUT2D eigenvalue weighted by atomic mass is 35.5. The Hall–Kier alpha value is -3.71. The van der Waals surface area contributed by atoms with Gasteiger partial charge in [0.15, 0.2) is 5.78 Å². The second kappa shape index (κ2) is 11.4. The fourth-order valence-corrected chi connectivity index (χ4v) is 5.48. The van der Waals surface area contributed by atoms with Crippen molar-refractivity contribution in [1.82, 2.24) is 9.47 Å². The van der Waals surface area contributed by atoms with Crippen LogP contribution < -0.4 is 5.56 Å². The highest BCUT2D eigenvalue weighted by Gasteiger charge is 2.33. The van der Waals surface area contributed by atoms with E-state index >= 15 is 0 Å². The second-order valence-corrected chi connectivity index (χ2v) is 10.9. The number of rotatable bonds is 7. The van der Waals surface area contributed by atoms with Gasteiger partial charge in [-0.1, -0.05) is 77.5 Å². The Morgan fingerprint density at radius 3 is 2.42 bits per heavy atom. The Balaban J connectivity index is 1.58. The van der Waals surface area contributed by atoms with Crippen LogP contribution in [-0.2, 0) is 11.3 Å². The molecule has 3 aromatic rings. The Labute approximate surface area is 234 Å². The zero-order valence-corrected chi connectivity index (χ0v) is 22.9. The number of amides is 1. The minimum Gasteiger partial charge on any atom is -0.494 e. The van der Waals surface area contributed by atoms with Crippen molar-refractivity contribution in [1.29, 1.82) is 5.26 Å². The molecule has 38 heavy (non-hydrogen) atoms. The molecule has 4 rings (SSSR count). The maximum Gasteiger partial charge on any atom is 0.271 e. The molecule has 2 heterocycles. The van der Waals surface area contributed by atoms with E-state index in [1.165, 1.54) is 11.8 Å². The Morgan fingerprint density at radius 1 is 1.13 bits per heavy atom. The first-order valence-corrected chi connectivity index (χ1v) is 13.2. The normalized spacial score (nSPS) is 14.3. The van der Waals surface area contributed by atoms with Crippen LogP contribution in [0.1, 0.15) is 44.6 Å². The van der Waals surface area contributed by atoms with Crippen LogP contribution in [0.2, 0.25) is 5.02 Å². The smallest absolute Gasteiger partial charge is 0.271 e. The first-order valence-electron chi connectivity index (χ1n) is 11.6. The summed E-state index contributed by atoms with van der Waals surface area (Å²) in [7, 11) is 0. The van der Waals surface area contributed by atoms with E-state index < -0.39 is 17.2 Å². The van der Waals surface area contributed by atoms with Crippen LogP contribution >= 0.6 is 35.6 Å². The molecule has 10 heteroatoms. The summed E-state index contributed by atoms with van der Waals surface area (Å²) in [6.45, 7) is 3.36. The molecule has 192 valence electrons. The van der Waals surface area contributed by atoms with Crippen LogP contribution in [0.3, 0.4) is 0 Å². The molecule has 0 atom stereocenters. The molecule has 0 spiro atoms. The molecule has 1 N–H and O–H groups in total. The minimum atomic E-state index is -0.677. The quantitative estimate of drug-likeness (QED) is 0.239. The summed E-state index contributed by atoms with van der Waals surface area (Å²) in [5, 5.41) is 21.2. The number of benzene rings is 2. The number of pyridine rings is 1. The van der Waals surface area contributed by atoms with E-state index in [4.69, 9.17) is 23.8 Å². The maximum absolute atomic E-state index is 13.3. The van der Waals surface area contributed by atoms with E-state index in [9.17, 15) is 24.8 Å². The average molecular weight is 564 g/mol. The van der Waals surface area contributed by atoms with Crippen molar-refractivity contribution in [2.75, 3.05) is 6.54 Å². The fourth-order valence-electron chi connectivity index (χ4n) is 4.05. The maximum atomic E-state index is 13.3. The first-order chi connectivity index (χ1) is 18.1. The molecule has 7 nitrogen and oxygen atoms in total. The van der Waals surface area contributed by atoms with Gasteiger partial charge in [-0.2, -0.15) is 5.26 Å². The number of hydrogen-bond donors (Lipinski definition) is 1. The SMILES string of the molecule is Cc1ccc(Cn2c(O)c(C(=O)CCN3C(=O)/C(=C/c4ccc(Cl)cc4)SC3=S)c(C)c(C#N)c2=O)cc1. The summed E-state index contributed by atoms with van der Waals surface area (Å²) >= 11 is 12.4. The van der Waals surface area contributed by atoms with Crippen molar-refractivity contribution < 1.29 is 14.7 Å². The number of carbonyl (C=O) groups excluding carboxylic acids is 2. The summed E-state index contributed by atoms with van der Waals surface area (Å²) in [5.74, 6) is -1.35. The van der Waals surface area contributed by atoms with Gasteiger partial charge in [-0.15, -0.1) is 0 Å². The lowest BCUT2D eigenvalue weighted by Crippen LogP contribution is -2.31. The van der Waals surface area contributed by atoms with Crippen molar-refractivity contribution in [2.45, 2.75) is 26.8 Å². The predicted octanol–water partition coefficient (Wildman–Crippen LogP) is 5.22. The number of thioether (sulfide) groups is 1. The van der Waals surface area contributed by atoms with Gasteiger partial charge in [0.05, 0.1) is 17.0 Å². The second-order valence-electron chi connectivity index (χ2n) is 8.75. The molecule has 2 aromatic carbocycles. The van der Waals surface area contributed by atoms with Crippen molar-refractivity contribution in [3.05, 3.63) is 102 Å². The number of nitriles is 1. The van der Waals surface area contributed by atoms with Gasteiger partial charge in [-0.25, -0.2) is 0 Å². The van der Waals surface area contributed by atoms with Crippen LogP contribution in [0.25, 0.3) is 6.08 Å². The van der Waals surface area contributed by atoms with Crippen molar-refractivity contribution in [3.63, 3.8) is 0 Å². The molecule has 0 unspecified atom stereocenters. The lowest BCUT2D eigenvalue weighted by molar-refractivity contribution is -0.122. The van der Waals surface area contributed by atoms with Gasteiger partial charge in [0.25, 0.3) is 11.5 Å². The van der Waals surface area contributed by atoms with Gasteiger partial charge in [-0.3, -0.25) is 23.9 Å². The molecule has 0 aliphatic carbocycles. The summed E-state index contributed by atoms with van der Waals surface area (Å²) in [6, 6.07) is 16.2. The van der Waals surface area contributed by atoms with Gasteiger partial charge in [-0.05, 0) is 48.7 Å². The Morgan fingerprint density at radius 2 is 1.79 bits per heavy atom. The number of thiocarbonyl (C=S) groups is 1. The standard InChI is InChI=1S/C28H22ClN3O4S2/c1-16-3-5-19(6-4-16)15-32-25(34)21(14-30)17(2)24(27(32)36)22(33)11-12-31-26(35)23(38-28(31)37)13-18-7-9-20(29)10-8-18/h3-10,13,36H,11-12,15H2,1-2H3/b23-13-. The Kier molecular flexibility index (Phi) is 8.17. The summed E-state index contributed by atoms with van der Waals surface area (Å²) in [4.78, 5) is 40.9. The number of nitrogens with zero attached hydrogens (tertiary/aromatic N) is 3. The monoisotopic (exact) mass is 563 g/mol. The minimum absolute atomic E-state index is 0.00955. The molecular formula is C28H22ClN3O4S2. The van der Waals surface area contributed by atoms with Crippen molar-refractivity contribution in [3.8, 4) is 11.9 Å². The van der Waals surface area contributed by atoms with E-state index in [0.29, 0.717) is 14.2 Å². The first kappa shape index (κ1) is 27.3. The number of ketones is 1. The number of aromatic hydroxyl groups is 1. The molecule has 0 saturated carbocycles. The summed E-state index contributed by atoms with van der Waals surface area (Å²) in [5.41, 5.74) is 1.64. The van der Waals surface area contributed by atoms with Gasteiger partial charge < -0.3 is 5.11 Å². The molecule has 1 fully saturated rings. The fraction of sp³-hybridized carbons (Fsp3) is 0.179. The van der Waals surface area contributed by atoms with Crippen LogP contribution in [0.4, 0.5) is 0 Å². The molecule has 1 aliphatic heterocycles. The summed E-state index contributed by atoms with van der Waals surface area (Å²) in [6.07, 6.45) is 1.54.